The van der Waals surface area contributed by atoms with Gasteiger partial charge in [0.05, 0.1) is 6.10 Å². The molecule has 2 saturated heterocycles. The largest absolute Gasteiger partial charge is 0.475 e. The van der Waals surface area contributed by atoms with E-state index in [0.717, 1.165) is 12.4 Å². The van der Waals surface area contributed by atoms with Crippen molar-refractivity contribution < 1.29 is 4.74 Å². The quantitative estimate of drug-likeness (QED) is 0.902. The second kappa shape index (κ2) is 6.18. The summed E-state index contributed by atoms with van der Waals surface area (Å²) >= 11 is 0. The summed E-state index contributed by atoms with van der Waals surface area (Å²) in [5, 5.41) is 3.70. The van der Waals surface area contributed by atoms with Gasteiger partial charge in [-0.05, 0) is 46.5 Å². The Balaban J connectivity index is 1.76. The van der Waals surface area contributed by atoms with Crippen LogP contribution in [0.3, 0.4) is 0 Å². The molecule has 0 saturated carbocycles. The SMILES string of the molecule is CCN(c1cc(OC(C)C)ncn1)C1CC2CCC(C1)N2. The van der Waals surface area contributed by atoms with E-state index >= 15 is 0 Å². The first-order valence-electron chi connectivity index (χ1n) is 8.17. The lowest BCUT2D eigenvalue weighted by Crippen LogP contribution is -2.48. The predicted molar refractivity (Wildman–Crippen MR) is 83.8 cm³/mol. The molecule has 2 bridgehead atoms. The van der Waals surface area contributed by atoms with Crippen LogP contribution in [0.1, 0.15) is 46.5 Å². The molecule has 1 N–H and O–H groups in total. The maximum absolute atomic E-state index is 5.70. The van der Waals surface area contributed by atoms with Crippen LogP contribution < -0.4 is 15.0 Å². The maximum Gasteiger partial charge on any atom is 0.218 e. The molecule has 5 nitrogen and oxygen atoms in total. The zero-order chi connectivity index (χ0) is 14.8. The van der Waals surface area contributed by atoms with Crippen LogP contribution in [0.4, 0.5) is 5.82 Å². The molecule has 21 heavy (non-hydrogen) atoms. The fourth-order valence-corrected chi connectivity index (χ4v) is 3.68. The van der Waals surface area contributed by atoms with Gasteiger partial charge in [-0.2, -0.15) is 0 Å². The first kappa shape index (κ1) is 14.6. The van der Waals surface area contributed by atoms with Gasteiger partial charge >= 0.3 is 0 Å². The van der Waals surface area contributed by atoms with E-state index in [1.54, 1.807) is 6.33 Å². The maximum atomic E-state index is 5.70. The third kappa shape index (κ3) is 3.28. The Bertz CT molecular complexity index is 467. The van der Waals surface area contributed by atoms with E-state index in [2.05, 4.69) is 27.1 Å². The highest BCUT2D eigenvalue weighted by molar-refractivity contribution is 5.42. The summed E-state index contributed by atoms with van der Waals surface area (Å²) in [6, 6.07) is 3.94. The highest BCUT2D eigenvalue weighted by atomic mass is 16.5. The molecular weight excluding hydrogens is 264 g/mol. The number of hydrogen-bond acceptors (Lipinski definition) is 5. The molecule has 2 fully saturated rings. The van der Waals surface area contributed by atoms with Gasteiger partial charge in [0.1, 0.15) is 12.1 Å². The molecule has 1 aromatic rings. The highest BCUT2D eigenvalue weighted by Crippen LogP contribution is 2.32. The topological polar surface area (TPSA) is 50.3 Å². The summed E-state index contributed by atoms with van der Waals surface area (Å²) in [6.45, 7) is 7.21. The Hall–Kier alpha value is -1.36. The monoisotopic (exact) mass is 290 g/mol. The lowest BCUT2D eigenvalue weighted by Gasteiger charge is -2.38. The molecule has 2 aliphatic heterocycles. The van der Waals surface area contributed by atoms with Gasteiger partial charge in [-0.25, -0.2) is 9.97 Å². The minimum atomic E-state index is 0.137. The summed E-state index contributed by atoms with van der Waals surface area (Å²) in [5.41, 5.74) is 0. The van der Waals surface area contributed by atoms with Crippen molar-refractivity contribution in [1.82, 2.24) is 15.3 Å². The summed E-state index contributed by atoms with van der Waals surface area (Å²) in [6.07, 6.45) is 6.83. The summed E-state index contributed by atoms with van der Waals surface area (Å²) in [4.78, 5) is 11.1. The van der Waals surface area contributed by atoms with Crippen LogP contribution in [0.2, 0.25) is 0 Å². The Morgan fingerprint density at radius 2 is 2.00 bits per heavy atom. The lowest BCUT2D eigenvalue weighted by molar-refractivity contribution is 0.232. The predicted octanol–water partition coefficient (Wildman–Crippen LogP) is 2.37. The normalized spacial score (nSPS) is 27.9. The van der Waals surface area contributed by atoms with Gasteiger partial charge in [0, 0.05) is 30.7 Å². The smallest absolute Gasteiger partial charge is 0.218 e. The minimum absolute atomic E-state index is 0.137. The van der Waals surface area contributed by atoms with E-state index in [4.69, 9.17) is 4.74 Å². The molecule has 5 heteroatoms. The fourth-order valence-electron chi connectivity index (χ4n) is 3.68. The number of anilines is 1. The van der Waals surface area contributed by atoms with E-state index in [0.29, 0.717) is 24.0 Å². The average Bonchev–Trinajstić information content (AvgIpc) is 2.78. The number of piperidine rings is 1. The first-order chi connectivity index (χ1) is 10.2. The van der Waals surface area contributed by atoms with Gasteiger partial charge in [-0.1, -0.05) is 0 Å². The zero-order valence-electron chi connectivity index (χ0n) is 13.2. The molecule has 1 aromatic heterocycles. The van der Waals surface area contributed by atoms with Crippen molar-refractivity contribution in [3.63, 3.8) is 0 Å². The van der Waals surface area contributed by atoms with Gasteiger partial charge in [0.15, 0.2) is 0 Å². The van der Waals surface area contributed by atoms with Crippen molar-refractivity contribution in [2.24, 2.45) is 0 Å². The Morgan fingerprint density at radius 3 is 2.62 bits per heavy atom. The van der Waals surface area contributed by atoms with E-state index in [9.17, 15) is 0 Å². The molecule has 2 atom stereocenters. The molecule has 0 spiro atoms. The van der Waals surface area contributed by atoms with Crippen molar-refractivity contribution in [3.8, 4) is 5.88 Å². The average molecular weight is 290 g/mol. The van der Waals surface area contributed by atoms with Crippen LogP contribution in [-0.4, -0.2) is 40.7 Å². The van der Waals surface area contributed by atoms with Gasteiger partial charge < -0.3 is 15.0 Å². The van der Waals surface area contributed by atoms with E-state index < -0.39 is 0 Å². The number of rotatable bonds is 5. The first-order valence-corrected chi connectivity index (χ1v) is 8.17. The molecule has 0 aromatic carbocycles. The molecular formula is C16H26N4O. The van der Waals surface area contributed by atoms with Crippen LogP contribution in [0, 0.1) is 0 Å². The molecule has 2 unspecified atom stereocenters. The molecule has 3 heterocycles. The molecule has 116 valence electrons. The van der Waals surface area contributed by atoms with E-state index in [1.807, 2.05) is 19.9 Å². The number of aromatic nitrogens is 2. The van der Waals surface area contributed by atoms with Gasteiger partial charge in [0.2, 0.25) is 5.88 Å². The van der Waals surface area contributed by atoms with E-state index in [-0.39, 0.29) is 6.10 Å². The Labute approximate surface area is 127 Å². The van der Waals surface area contributed by atoms with Crippen molar-refractivity contribution in [1.29, 1.82) is 0 Å². The third-order valence-corrected chi connectivity index (χ3v) is 4.51. The Kier molecular flexibility index (Phi) is 4.29. The van der Waals surface area contributed by atoms with Crippen molar-refractivity contribution >= 4 is 5.82 Å². The minimum Gasteiger partial charge on any atom is -0.475 e. The van der Waals surface area contributed by atoms with Crippen LogP contribution in [-0.2, 0) is 0 Å². The zero-order valence-corrected chi connectivity index (χ0v) is 13.2. The van der Waals surface area contributed by atoms with Crippen LogP contribution in [0.25, 0.3) is 0 Å². The van der Waals surface area contributed by atoms with Gasteiger partial charge in [0.25, 0.3) is 0 Å². The molecule has 0 amide bonds. The highest BCUT2D eigenvalue weighted by Gasteiger charge is 2.36. The van der Waals surface area contributed by atoms with Crippen LogP contribution in [0.15, 0.2) is 12.4 Å². The third-order valence-electron chi connectivity index (χ3n) is 4.51. The van der Waals surface area contributed by atoms with Gasteiger partial charge in [-0.3, -0.25) is 0 Å². The number of nitrogens with one attached hydrogen (secondary N) is 1. The second-order valence-corrected chi connectivity index (χ2v) is 6.43. The number of fused-ring (bicyclic) bond motifs is 2. The van der Waals surface area contributed by atoms with Crippen LogP contribution >= 0.6 is 0 Å². The summed E-state index contributed by atoms with van der Waals surface area (Å²) in [7, 11) is 0. The summed E-state index contributed by atoms with van der Waals surface area (Å²) < 4.78 is 5.70. The molecule has 3 rings (SSSR count). The Morgan fingerprint density at radius 1 is 1.29 bits per heavy atom. The molecule has 2 aliphatic rings. The van der Waals surface area contributed by atoms with E-state index in [1.165, 1.54) is 25.7 Å². The van der Waals surface area contributed by atoms with Gasteiger partial charge in [-0.15, -0.1) is 0 Å². The molecule has 0 aliphatic carbocycles. The van der Waals surface area contributed by atoms with Crippen molar-refractivity contribution in [3.05, 3.63) is 12.4 Å². The van der Waals surface area contributed by atoms with Crippen molar-refractivity contribution in [2.45, 2.75) is 70.7 Å². The van der Waals surface area contributed by atoms with Crippen molar-refractivity contribution in [2.75, 3.05) is 11.4 Å². The molecule has 0 radical (unpaired) electrons. The van der Waals surface area contributed by atoms with Crippen LogP contribution in [0.5, 0.6) is 5.88 Å². The summed E-state index contributed by atoms with van der Waals surface area (Å²) in [5.74, 6) is 1.67. The lowest BCUT2D eigenvalue weighted by atomic mass is 9.98. The second-order valence-electron chi connectivity index (χ2n) is 6.43. The standard InChI is InChI=1S/C16H26N4O/c1-4-20(14-7-12-5-6-13(8-14)19-12)15-9-16(18-10-17-15)21-11(2)3/h9-14,19H,4-8H2,1-3H3. The fraction of sp³-hybridized carbons (Fsp3) is 0.750. The number of ether oxygens (including phenoxy) is 1. The number of nitrogens with zero attached hydrogens (tertiary/aromatic N) is 3. The number of hydrogen-bond donors (Lipinski definition) is 1.